The Balaban J connectivity index is 1.42. The van der Waals surface area contributed by atoms with E-state index in [1.807, 2.05) is 79.7 Å². The van der Waals surface area contributed by atoms with Crippen LogP contribution in [-0.4, -0.2) is 23.8 Å². The van der Waals surface area contributed by atoms with Crippen molar-refractivity contribution in [3.8, 4) is 16.9 Å². The lowest BCUT2D eigenvalue weighted by atomic mass is 10.1. The van der Waals surface area contributed by atoms with Gasteiger partial charge in [0, 0.05) is 18.5 Å². The molecule has 0 saturated carbocycles. The fourth-order valence-electron chi connectivity index (χ4n) is 3.09. The van der Waals surface area contributed by atoms with Crippen molar-refractivity contribution in [2.75, 3.05) is 5.32 Å². The summed E-state index contributed by atoms with van der Waals surface area (Å²) >= 11 is 0. The standard InChI is InChI=1S/C26H27N3O4/c1-2-23(33-22-15-13-20(14-16-22)19-9-5-3-6-10-19)26(32)29-28-25(31)18-17-24(30)27-21-11-7-4-8-12-21/h3-16,23H,2,17-18H2,1H3,(H,27,30)(H,28,31)(H,29,32). The average molecular weight is 446 g/mol. The van der Waals surface area contributed by atoms with Crippen LogP contribution in [0.2, 0.25) is 0 Å². The van der Waals surface area contributed by atoms with E-state index in [1.54, 1.807) is 12.1 Å². The van der Waals surface area contributed by atoms with Gasteiger partial charge in [0.1, 0.15) is 5.75 Å². The van der Waals surface area contributed by atoms with Gasteiger partial charge in [-0.05, 0) is 41.8 Å². The maximum absolute atomic E-state index is 12.4. The van der Waals surface area contributed by atoms with Gasteiger partial charge in [-0.15, -0.1) is 0 Å². The highest BCUT2D eigenvalue weighted by molar-refractivity contribution is 5.93. The van der Waals surface area contributed by atoms with Crippen molar-refractivity contribution in [1.29, 1.82) is 0 Å². The first kappa shape index (κ1) is 23.5. The van der Waals surface area contributed by atoms with Gasteiger partial charge in [-0.1, -0.05) is 67.6 Å². The zero-order valence-corrected chi connectivity index (χ0v) is 18.4. The highest BCUT2D eigenvalue weighted by Crippen LogP contribution is 2.23. The Hall–Kier alpha value is -4.13. The van der Waals surface area contributed by atoms with E-state index >= 15 is 0 Å². The summed E-state index contributed by atoms with van der Waals surface area (Å²) in [5, 5.41) is 2.70. The third-order valence-electron chi connectivity index (χ3n) is 4.86. The minimum absolute atomic E-state index is 0.00192. The largest absolute Gasteiger partial charge is 0.481 e. The van der Waals surface area contributed by atoms with Crippen molar-refractivity contribution < 1.29 is 19.1 Å². The Morgan fingerprint density at radius 1 is 0.727 bits per heavy atom. The van der Waals surface area contributed by atoms with Gasteiger partial charge in [0.05, 0.1) is 0 Å². The van der Waals surface area contributed by atoms with E-state index < -0.39 is 17.9 Å². The fourth-order valence-corrected chi connectivity index (χ4v) is 3.09. The number of rotatable bonds is 9. The number of carbonyl (C=O) groups excluding carboxylic acids is 3. The molecule has 7 nitrogen and oxygen atoms in total. The van der Waals surface area contributed by atoms with Crippen molar-refractivity contribution in [1.82, 2.24) is 10.9 Å². The van der Waals surface area contributed by atoms with Crippen LogP contribution in [0, 0.1) is 0 Å². The molecule has 1 atom stereocenters. The van der Waals surface area contributed by atoms with E-state index in [2.05, 4.69) is 16.2 Å². The predicted octanol–water partition coefficient (Wildman–Crippen LogP) is 4.08. The monoisotopic (exact) mass is 445 g/mol. The van der Waals surface area contributed by atoms with Crippen molar-refractivity contribution in [3.63, 3.8) is 0 Å². The zero-order valence-electron chi connectivity index (χ0n) is 18.4. The molecule has 3 aromatic rings. The second-order valence-corrected chi connectivity index (χ2v) is 7.36. The molecule has 1 unspecified atom stereocenters. The Labute approximate surface area is 193 Å². The molecule has 3 aromatic carbocycles. The van der Waals surface area contributed by atoms with Crippen molar-refractivity contribution >= 4 is 23.4 Å². The molecule has 0 heterocycles. The number of nitrogens with one attached hydrogen (secondary N) is 3. The molecule has 0 aliphatic rings. The lowest BCUT2D eigenvalue weighted by Gasteiger charge is -2.18. The maximum atomic E-state index is 12.4. The normalized spacial score (nSPS) is 11.2. The van der Waals surface area contributed by atoms with Gasteiger partial charge < -0.3 is 10.1 Å². The molecule has 0 aliphatic heterocycles. The lowest BCUT2D eigenvalue weighted by Crippen LogP contribution is -2.48. The van der Waals surface area contributed by atoms with Gasteiger partial charge in [-0.2, -0.15) is 0 Å². The summed E-state index contributed by atoms with van der Waals surface area (Å²) in [6.45, 7) is 1.82. The lowest BCUT2D eigenvalue weighted by molar-refractivity contribution is -0.133. The molecular weight excluding hydrogens is 418 g/mol. The Bertz CT molecular complexity index is 1050. The SMILES string of the molecule is CCC(Oc1ccc(-c2ccccc2)cc1)C(=O)NNC(=O)CCC(=O)Nc1ccccc1. The minimum Gasteiger partial charge on any atom is -0.481 e. The van der Waals surface area contributed by atoms with Gasteiger partial charge in [0.25, 0.3) is 5.91 Å². The summed E-state index contributed by atoms with van der Waals surface area (Å²) in [4.78, 5) is 36.3. The van der Waals surface area contributed by atoms with Crippen LogP contribution in [0.4, 0.5) is 5.69 Å². The van der Waals surface area contributed by atoms with Crippen LogP contribution in [0.5, 0.6) is 5.75 Å². The minimum atomic E-state index is -0.769. The summed E-state index contributed by atoms with van der Waals surface area (Å²) in [5.74, 6) is -0.655. The summed E-state index contributed by atoms with van der Waals surface area (Å²) in [7, 11) is 0. The van der Waals surface area contributed by atoms with Gasteiger partial charge in [-0.3, -0.25) is 25.2 Å². The van der Waals surface area contributed by atoms with E-state index in [0.29, 0.717) is 17.9 Å². The third kappa shape index (κ3) is 7.50. The molecule has 0 aromatic heterocycles. The molecule has 0 bridgehead atoms. The molecule has 3 amide bonds. The number of anilines is 1. The van der Waals surface area contributed by atoms with Gasteiger partial charge in [0.15, 0.2) is 6.10 Å². The van der Waals surface area contributed by atoms with Crippen molar-refractivity contribution in [2.24, 2.45) is 0 Å². The number of benzene rings is 3. The summed E-state index contributed by atoms with van der Waals surface area (Å²) in [6, 6.07) is 26.4. The van der Waals surface area contributed by atoms with E-state index in [-0.39, 0.29) is 18.7 Å². The predicted molar refractivity (Wildman–Crippen MR) is 127 cm³/mol. The van der Waals surface area contributed by atoms with Crippen LogP contribution in [0.15, 0.2) is 84.9 Å². The number of hydrazine groups is 1. The Morgan fingerprint density at radius 3 is 1.94 bits per heavy atom. The van der Waals surface area contributed by atoms with Crippen LogP contribution in [-0.2, 0) is 14.4 Å². The summed E-state index contributed by atoms with van der Waals surface area (Å²) in [5.41, 5.74) is 7.50. The zero-order chi connectivity index (χ0) is 23.5. The first-order valence-corrected chi connectivity index (χ1v) is 10.8. The van der Waals surface area contributed by atoms with Crippen LogP contribution in [0.25, 0.3) is 11.1 Å². The Kier molecular flexibility index (Phi) is 8.59. The van der Waals surface area contributed by atoms with Crippen molar-refractivity contribution in [2.45, 2.75) is 32.3 Å². The van der Waals surface area contributed by atoms with E-state index in [4.69, 9.17) is 4.74 Å². The molecule has 7 heteroatoms. The second-order valence-electron chi connectivity index (χ2n) is 7.36. The molecule has 170 valence electrons. The van der Waals surface area contributed by atoms with Crippen LogP contribution < -0.4 is 20.9 Å². The van der Waals surface area contributed by atoms with Gasteiger partial charge >= 0.3 is 0 Å². The average Bonchev–Trinajstić information content (AvgIpc) is 2.86. The highest BCUT2D eigenvalue weighted by atomic mass is 16.5. The van der Waals surface area contributed by atoms with Crippen LogP contribution in [0.3, 0.4) is 0 Å². The number of hydrogen-bond donors (Lipinski definition) is 3. The molecular formula is C26H27N3O4. The van der Waals surface area contributed by atoms with E-state index in [1.165, 1.54) is 0 Å². The van der Waals surface area contributed by atoms with Crippen LogP contribution >= 0.6 is 0 Å². The molecule has 3 rings (SSSR count). The van der Waals surface area contributed by atoms with Crippen LogP contribution in [0.1, 0.15) is 26.2 Å². The molecule has 0 spiro atoms. The number of amides is 3. The smallest absolute Gasteiger partial charge is 0.279 e. The van der Waals surface area contributed by atoms with Crippen molar-refractivity contribution in [3.05, 3.63) is 84.9 Å². The van der Waals surface area contributed by atoms with E-state index in [0.717, 1.165) is 11.1 Å². The molecule has 0 saturated heterocycles. The topological polar surface area (TPSA) is 96.5 Å². The number of ether oxygens (including phenoxy) is 1. The van der Waals surface area contributed by atoms with Gasteiger partial charge in [0.2, 0.25) is 11.8 Å². The highest BCUT2D eigenvalue weighted by Gasteiger charge is 2.19. The fraction of sp³-hybridized carbons (Fsp3) is 0.192. The van der Waals surface area contributed by atoms with Gasteiger partial charge in [-0.25, -0.2) is 0 Å². The number of carbonyl (C=O) groups is 3. The summed E-state index contributed by atoms with van der Waals surface area (Å²) in [6.07, 6.45) is -0.411. The third-order valence-corrected chi connectivity index (χ3v) is 4.86. The number of para-hydroxylation sites is 1. The Morgan fingerprint density at radius 2 is 1.30 bits per heavy atom. The second kappa shape index (κ2) is 12.0. The first-order valence-electron chi connectivity index (χ1n) is 10.8. The maximum Gasteiger partial charge on any atom is 0.279 e. The molecule has 0 radical (unpaired) electrons. The first-order chi connectivity index (χ1) is 16.0. The molecule has 3 N–H and O–H groups in total. The molecule has 0 fully saturated rings. The summed E-state index contributed by atoms with van der Waals surface area (Å²) < 4.78 is 5.79. The molecule has 33 heavy (non-hydrogen) atoms. The molecule has 0 aliphatic carbocycles. The quantitative estimate of drug-likeness (QED) is 0.433. The number of hydrogen-bond acceptors (Lipinski definition) is 4. The van der Waals surface area contributed by atoms with E-state index in [9.17, 15) is 14.4 Å².